The molecule has 1 unspecified atom stereocenters. The van der Waals surface area contributed by atoms with Crippen LogP contribution in [0.4, 0.5) is 8.78 Å². The summed E-state index contributed by atoms with van der Waals surface area (Å²) in [5, 5.41) is 20.9. The first-order valence-corrected chi connectivity index (χ1v) is 8.95. The highest BCUT2D eigenvalue weighted by molar-refractivity contribution is 6.05. The lowest BCUT2D eigenvalue weighted by Gasteiger charge is -2.10. The van der Waals surface area contributed by atoms with Crippen LogP contribution in [0.3, 0.4) is 0 Å². The Morgan fingerprint density at radius 1 is 1.17 bits per heavy atom. The van der Waals surface area contributed by atoms with Gasteiger partial charge in [0.05, 0.1) is 11.9 Å². The molecule has 0 aliphatic heterocycles. The number of phenolic OH excluding ortho intramolecular Hbond substituents is 1. The Hall–Kier alpha value is -3.75. The molecule has 0 radical (unpaired) electrons. The van der Waals surface area contributed by atoms with Gasteiger partial charge in [0.1, 0.15) is 11.9 Å². The summed E-state index contributed by atoms with van der Waals surface area (Å²) in [5.41, 5.74) is 0.422. The van der Waals surface area contributed by atoms with Crippen LogP contribution >= 0.6 is 0 Å². The Labute approximate surface area is 169 Å². The molecule has 0 spiro atoms. The van der Waals surface area contributed by atoms with Crippen molar-refractivity contribution in [2.45, 2.75) is 26.3 Å². The van der Waals surface area contributed by atoms with E-state index in [0.29, 0.717) is 0 Å². The lowest BCUT2D eigenvalue weighted by Crippen LogP contribution is -2.39. The molecule has 3 aromatic rings. The number of carboxylic acid groups (broad SMARTS) is 1. The molecule has 0 saturated heterocycles. The maximum absolute atomic E-state index is 14.8. The van der Waals surface area contributed by atoms with E-state index in [-0.39, 0.29) is 27.7 Å². The van der Waals surface area contributed by atoms with Gasteiger partial charge in [-0.15, -0.1) is 0 Å². The van der Waals surface area contributed by atoms with Crippen LogP contribution in [0.2, 0.25) is 0 Å². The molecule has 0 bridgehead atoms. The third-order valence-electron chi connectivity index (χ3n) is 4.77. The van der Waals surface area contributed by atoms with Crippen LogP contribution in [0.25, 0.3) is 10.9 Å². The Morgan fingerprint density at radius 3 is 2.50 bits per heavy atom. The van der Waals surface area contributed by atoms with E-state index >= 15 is 0 Å². The van der Waals surface area contributed by atoms with Gasteiger partial charge in [-0.2, -0.15) is 0 Å². The highest BCUT2D eigenvalue weighted by Gasteiger charge is 2.26. The normalized spacial score (nSPS) is 12.0. The van der Waals surface area contributed by atoms with Gasteiger partial charge in [0.25, 0.3) is 5.91 Å². The SMILES string of the molecule is Cc1c(CC(=O)NC(C)C(=O)O)c2c(F)c(O)ccc2n1C(=O)c1cccc(F)c1. The summed E-state index contributed by atoms with van der Waals surface area (Å²) in [7, 11) is 0. The number of hydrogen-bond donors (Lipinski definition) is 3. The molecule has 7 nitrogen and oxygen atoms in total. The van der Waals surface area contributed by atoms with Gasteiger partial charge in [-0.1, -0.05) is 6.07 Å². The second-order valence-corrected chi connectivity index (χ2v) is 6.81. The van der Waals surface area contributed by atoms with Crippen molar-refractivity contribution >= 4 is 28.7 Å². The van der Waals surface area contributed by atoms with Crippen molar-refractivity contribution in [1.29, 1.82) is 0 Å². The van der Waals surface area contributed by atoms with Crippen LogP contribution in [0, 0.1) is 18.6 Å². The third-order valence-corrected chi connectivity index (χ3v) is 4.77. The summed E-state index contributed by atoms with van der Waals surface area (Å²) in [6.45, 7) is 2.76. The third kappa shape index (κ3) is 3.73. The molecule has 0 saturated carbocycles. The summed E-state index contributed by atoms with van der Waals surface area (Å²) in [4.78, 5) is 36.3. The highest BCUT2D eigenvalue weighted by Crippen LogP contribution is 2.33. The van der Waals surface area contributed by atoms with Gasteiger partial charge in [0.2, 0.25) is 5.91 Å². The number of nitrogens with one attached hydrogen (secondary N) is 1. The lowest BCUT2D eigenvalue weighted by molar-refractivity contribution is -0.141. The molecule has 1 amide bonds. The number of aliphatic carboxylic acids is 1. The molecule has 9 heteroatoms. The standard InChI is InChI=1S/C21H18F2N2O5/c1-10(21(29)30)24-17(27)9-14-11(2)25(15-6-7-16(26)19(23)18(14)15)20(28)12-4-3-5-13(22)8-12/h3-8,10,26H,9H2,1-2H3,(H,24,27)(H,29,30). The minimum absolute atomic E-state index is 0.0129. The number of amides is 1. The zero-order valence-electron chi connectivity index (χ0n) is 16.1. The Morgan fingerprint density at radius 2 is 1.87 bits per heavy atom. The highest BCUT2D eigenvalue weighted by atomic mass is 19.1. The molecule has 3 rings (SSSR count). The topological polar surface area (TPSA) is 109 Å². The summed E-state index contributed by atoms with van der Waals surface area (Å²) in [5.74, 6) is -4.90. The maximum Gasteiger partial charge on any atom is 0.325 e. The molecule has 156 valence electrons. The van der Waals surface area contributed by atoms with Gasteiger partial charge in [-0.3, -0.25) is 19.0 Å². The van der Waals surface area contributed by atoms with Gasteiger partial charge in [-0.05, 0) is 49.7 Å². The van der Waals surface area contributed by atoms with Crippen LogP contribution < -0.4 is 5.32 Å². The zero-order valence-corrected chi connectivity index (χ0v) is 16.1. The molecule has 1 aromatic heterocycles. The van der Waals surface area contributed by atoms with E-state index in [1.54, 1.807) is 0 Å². The number of fused-ring (bicyclic) bond motifs is 1. The van der Waals surface area contributed by atoms with Gasteiger partial charge in [0, 0.05) is 16.6 Å². The predicted molar refractivity (Wildman–Crippen MR) is 103 cm³/mol. The second kappa shape index (κ2) is 7.94. The van der Waals surface area contributed by atoms with E-state index in [2.05, 4.69) is 5.32 Å². The number of carbonyl (C=O) groups excluding carboxylic acids is 2. The molecule has 0 aliphatic rings. The Balaban J connectivity index is 2.15. The first-order chi connectivity index (χ1) is 14.1. The average molecular weight is 416 g/mol. The van der Waals surface area contributed by atoms with Crippen molar-refractivity contribution in [3.8, 4) is 5.75 Å². The summed E-state index contributed by atoms with van der Waals surface area (Å²) < 4.78 is 29.5. The second-order valence-electron chi connectivity index (χ2n) is 6.81. The van der Waals surface area contributed by atoms with E-state index < -0.39 is 47.6 Å². The van der Waals surface area contributed by atoms with Gasteiger partial charge < -0.3 is 15.5 Å². The molecule has 3 N–H and O–H groups in total. The van der Waals surface area contributed by atoms with Crippen LogP contribution in [0.5, 0.6) is 5.75 Å². The number of phenols is 1. The van der Waals surface area contributed by atoms with E-state index in [9.17, 15) is 28.3 Å². The van der Waals surface area contributed by atoms with Crippen molar-refractivity contribution in [3.63, 3.8) is 0 Å². The number of aromatic hydroxyl groups is 1. The average Bonchev–Trinajstić information content (AvgIpc) is 2.96. The molecule has 0 aliphatic carbocycles. The van der Waals surface area contributed by atoms with E-state index in [0.717, 1.165) is 16.7 Å². The molecule has 1 atom stereocenters. The van der Waals surface area contributed by atoms with Crippen molar-refractivity contribution in [1.82, 2.24) is 9.88 Å². The smallest absolute Gasteiger partial charge is 0.325 e. The van der Waals surface area contributed by atoms with E-state index in [1.807, 2.05) is 0 Å². The number of nitrogens with zero attached hydrogens (tertiary/aromatic N) is 1. The quantitative estimate of drug-likeness (QED) is 0.593. The fourth-order valence-corrected chi connectivity index (χ4v) is 3.27. The summed E-state index contributed by atoms with van der Waals surface area (Å²) in [6.07, 6.45) is -0.427. The number of aromatic nitrogens is 1. The Kier molecular flexibility index (Phi) is 5.55. The van der Waals surface area contributed by atoms with Gasteiger partial charge in [0.15, 0.2) is 11.6 Å². The van der Waals surface area contributed by atoms with Crippen molar-refractivity contribution < 1.29 is 33.4 Å². The van der Waals surface area contributed by atoms with Crippen LogP contribution in [-0.4, -0.2) is 38.6 Å². The number of rotatable bonds is 5. The largest absolute Gasteiger partial charge is 0.505 e. The number of carbonyl (C=O) groups is 3. The molecular formula is C21H18F2N2O5. The van der Waals surface area contributed by atoms with Gasteiger partial charge >= 0.3 is 5.97 Å². The summed E-state index contributed by atoms with van der Waals surface area (Å²) >= 11 is 0. The number of hydrogen-bond acceptors (Lipinski definition) is 4. The molecule has 30 heavy (non-hydrogen) atoms. The number of halogens is 2. The fraction of sp³-hybridized carbons (Fsp3) is 0.190. The van der Waals surface area contributed by atoms with E-state index in [1.165, 1.54) is 38.1 Å². The number of benzene rings is 2. The van der Waals surface area contributed by atoms with Gasteiger partial charge in [-0.25, -0.2) is 8.78 Å². The first kappa shape index (κ1) is 21.0. The van der Waals surface area contributed by atoms with Crippen LogP contribution in [-0.2, 0) is 16.0 Å². The number of carboxylic acids is 1. The Bertz CT molecular complexity index is 1190. The zero-order chi connectivity index (χ0) is 22.2. The van der Waals surface area contributed by atoms with Crippen LogP contribution in [0.1, 0.15) is 28.5 Å². The monoisotopic (exact) mass is 416 g/mol. The maximum atomic E-state index is 14.8. The van der Waals surface area contributed by atoms with Crippen molar-refractivity contribution in [2.75, 3.05) is 0 Å². The van der Waals surface area contributed by atoms with Crippen LogP contribution in [0.15, 0.2) is 36.4 Å². The predicted octanol–water partition coefficient (Wildman–Crippen LogP) is 2.75. The lowest BCUT2D eigenvalue weighted by atomic mass is 10.1. The fourth-order valence-electron chi connectivity index (χ4n) is 3.27. The minimum Gasteiger partial charge on any atom is -0.505 e. The molecule has 0 fully saturated rings. The first-order valence-electron chi connectivity index (χ1n) is 8.95. The van der Waals surface area contributed by atoms with Crippen molar-refractivity contribution in [2.24, 2.45) is 0 Å². The molecular weight excluding hydrogens is 398 g/mol. The van der Waals surface area contributed by atoms with Crippen molar-refractivity contribution in [3.05, 3.63) is 64.9 Å². The summed E-state index contributed by atoms with van der Waals surface area (Å²) in [6, 6.07) is 6.19. The molecule has 2 aromatic carbocycles. The van der Waals surface area contributed by atoms with E-state index in [4.69, 9.17) is 5.11 Å². The minimum atomic E-state index is -1.24. The molecule has 1 heterocycles.